The molecule has 0 aliphatic heterocycles. The minimum absolute atomic E-state index is 0.0621. The Hall–Kier alpha value is -1.59. The van der Waals surface area contributed by atoms with Gasteiger partial charge in [-0.25, -0.2) is 0 Å². The molecule has 0 aromatic heterocycles. The summed E-state index contributed by atoms with van der Waals surface area (Å²) in [6, 6.07) is 0. The van der Waals surface area contributed by atoms with Gasteiger partial charge in [0.15, 0.2) is 6.10 Å². The summed E-state index contributed by atoms with van der Waals surface area (Å²) in [6.45, 7) is 6.65. The second kappa shape index (κ2) is 55.0. The summed E-state index contributed by atoms with van der Waals surface area (Å²) in [5.74, 6) is -0.845. The van der Waals surface area contributed by atoms with Crippen molar-refractivity contribution in [1.82, 2.24) is 0 Å². The molecule has 0 rings (SSSR count). The van der Waals surface area contributed by atoms with Crippen molar-refractivity contribution in [1.29, 1.82) is 0 Å². The SMILES string of the molecule is CCCCCCCCCCCCCCCCCCCCCCCC(=O)OCC(COC(=O)CCCCCCCC)OC(=O)CCCCCCCCCCCCCCCCCCCCCC. The van der Waals surface area contributed by atoms with Crippen LogP contribution >= 0.6 is 0 Å². The summed E-state index contributed by atoms with van der Waals surface area (Å²) in [7, 11) is 0. The molecule has 0 aromatic carbocycles. The number of hydrogen-bond acceptors (Lipinski definition) is 6. The molecule has 0 N–H and O–H groups in total. The largest absolute Gasteiger partial charge is 0.462 e. The fourth-order valence-electron chi connectivity index (χ4n) is 9.15. The van der Waals surface area contributed by atoms with E-state index in [4.69, 9.17) is 14.2 Å². The van der Waals surface area contributed by atoms with Crippen LogP contribution in [0.4, 0.5) is 0 Å². The summed E-state index contributed by atoms with van der Waals surface area (Å²) >= 11 is 0. The van der Waals surface area contributed by atoms with Crippen molar-refractivity contribution >= 4 is 17.9 Å². The molecular formula is C59H114O6. The molecule has 0 fully saturated rings. The number of unbranched alkanes of at least 4 members (excludes halogenated alkanes) is 44. The zero-order valence-electron chi connectivity index (χ0n) is 44.3. The van der Waals surface area contributed by atoms with Gasteiger partial charge in [0.25, 0.3) is 0 Å². The molecule has 0 aromatic rings. The first kappa shape index (κ1) is 63.4. The van der Waals surface area contributed by atoms with E-state index in [0.717, 1.165) is 57.8 Å². The first-order valence-corrected chi connectivity index (χ1v) is 29.5. The van der Waals surface area contributed by atoms with Crippen molar-refractivity contribution in [3.05, 3.63) is 0 Å². The maximum absolute atomic E-state index is 12.8. The van der Waals surface area contributed by atoms with Gasteiger partial charge in [-0.2, -0.15) is 0 Å². The fraction of sp³-hybridized carbons (Fsp3) is 0.949. The van der Waals surface area contributed by atoms with E-state index in [2.05, 4.69) is 20.8 Å². The molecule has 6 heteroatoms. The molecule has 0 heterocycles. The third kappa shape index (κ3) is 53.2. The van der Waals surface area contributed by atoms with Gasteiger partial charge in [0.2, 0.25) is 0 Å². The van der Waals surface area contributed by atoms with Gasteiger partial charge in [-0.15, -0.1) is 0 Å². The van der Waals surface area contributed by atoms with Crippen molar-refractivity contribution in [2.75, 3.05) is 13.2 Å². The minimum atomic E-state index is -0.759. The molecular weight excluding hydrogens is 805 g/mol. The quantitative estimate of drug-likeness (QED) is 0.0344. The first-order valence-electron chi connectivity index (χ1n) is 29.5. The lowest BCUT2D eigenvalue weighted by Gasteiger charge is -2.18. The predicted octanol–water partition coefficient (Wildman–Crippen LogP) is 19.5. The van der Waals surface area contributed by atoms with Crippen LogP contribution in [0.2, 0.25) is 0 Å². The van der Waals surface area contributed by atoms with Crippen LogP contribution in [0.3, 0.4) is 0 Å². The van der Waals surface area contributed by atoms with Crippen molar-refractivity contribution in [3.8, 4) is 0 Å². The van der Waals surface area contributed by atoms with E-state index in [0.29, 0.717) is 19.3 Å². The summed E-state index contributed by atoms with van der Waals surface area (Å²) in [4.78, 5) is 37.9. The third-order valence-corrected chi connectivity index (χ3v) is 13.6. The lowest BCUT2D eigenvalue weighted by molar-refractivity contribution is -0.167. The molecule has 386 valence electrons. The Balaban J connectivity index is 4.06. The minimum Gasteiger partial charge on any atom is -0.462 e. The highest BCUT2D eigenvalue weighted by Crippen LogP contribution is 2.18. The zero-order valence-corrected chi connectivity index (χ0v) is 44.3. The second-order valence-electron chi connectivity index (χ2n) is 20.3. The monoisotopic (exact) mass is 919 g/mol. The third-order valence-electron chi connectivity index (χ3n) is 13.6. The Kier molecular flexibility index (Phi) is 53.7. The highest BCUT2D eigenvalue weighted by molar-refractivity contribution is 5.71. The van der Waals surface area contributed by atoms with Crippen molar-refractivity contribution < 1.29 is 28.6 Å². The van der Waals surface area contributed by atoms with Gasteiger partial charge in [-0.05, 0) is 19.3 Å². The molecule has 0 radical (unpaired) electrons. The molecule has 0 aliphatic carbocycles. The lowest BCUT2D eigenvalue weighted by Crippen LogP contribution is -2.30. The van der Waals surface area contributed by atoms with Crippen LogP contribution in [0.15, 0.2) is 0 Å². The summed E-state index contributed by atoms with van der Waals surface area (Å²) < 4.78 is 16.8. The maximum atomic E-state index is 12.8. The lowest BCUT2D eigenvalue weighted by atomic mass is 10.0. The average molecular weight is 920 g/mol. The molecule has 0 spiro atoms. The fourth-order valence-corrected chi connectivity index (χ4v) is 9.15. The molecule has 0 saturated heterocycles. The van der Waals surface area contributed by atoms with Crippen LogP contribution in [0.5, 0.6) is 0 Å². The molecule has 0 amide bonds. The van der Waals surface area contributed by atoms with Crippen molar-refractivity contribution in [2.24, 2.45) is 0 Å². The van der Waals surface area contributed by atoms with E-state index < -0.39 is 6.10 Å². The van der Waals surface area contributed by atoms with E-state index >= 15 is 0 Å². The van der Waals surface area contributed by atoms with Crippen LogP contribution in [0.1, 0.15) is 342 Å². The normalized spacial score (nSPS) is 11.9. The van der Waals surface area contributed by atoms with Gasteiger partial charge in [-0.3, -0.25) is 14.4 Å². The predicted molar refractivity (Wildman–Crippen MR) is 280 cm³/mol. The Morgan fingerprint density at radius 2 is 0.415 bits per heavy atom. The van der Waals surface area contributed by atoms with Crippen molar-refractivity contribution in [3.63, 3.8) is 0 Å². The summed E-state index contributed by atoms with van der Waals surface area (Å²) in [5, 5.41) is 0. The van der Waals surface area contributed by atoms with E-state index in [1.807, 2.05) is 0 Å². The molecule has 1 atom stereocenters. The highest BCUT2D eigenvalue weighted by Gasteiger charge is 2.19. The van der Waals surface area contributed by atoms with Gasteiger partial charge in [0, 0.05) is 19.3 Å². The van der Waals surface area contributed by atoms with E-state index in [9.17, 15) is 14.4 Å². The van der Waals surface area contributed by atoms with Gasteiger partial charge in [-0.1, -0.05) is 303 Å². The van der Waals surface area contributed by atoms with Gasteiger partial charge in [0.05, 0.1) is 0 Å². The number of hydrogen-bond donors (Lipinski definition) is 0. The Morgan fingerprint density at radius 1 is 0.246 bits per heavy atom. The second-order valence-corrected chi connectivity index (χ2v) is 20.3. The van der Waals surface area contributed by atoms with Crippen LogP contribution in [-0.2, 0) is 28.6 Å². The summed E-state index contributed by atoms with van der Waals surface area (Å²) in [5.41, 5.74) is 0. The molecule has 1 unspecified atom stereocenters. The van der Waals surface area contributed by atoms with Gasteiger partial charge < -0.3 is 14.2 Å². The Morgan fingerprint density at radius 3 is 0.615 bits per heavy atom. The van der Waals surface area contributed by atoms with Crippen molar-refractivity contribution in [2.45, 2.75) is 348 Å². The molecule has 6 nitrogen and oxygen atoms in total. The highest BCUT2D eigenvalue weighted by atomic mass is 16.6. The average Bonchev–Trinajstić information content (AvgIpc) is 3.30. The smallest absolute Gasteiger partial charge is 0.306 e. The van der Waals surface area contributed by atoms with Gasteiger partial charge in [0.1, 0.15) is 13.2 Å². The number of esters is 3. The van der Waals surface area contributed by atoms with E-state index in [1.54, 1.807) is 0 Å². The number of carbonyl (C=O) groups is 3. The Labute approximate surface area is 406 Å². The van der Waals surface area contributed by atoms with Crippen LogP contribution in [0, 0.1) is 0 Å². The molecule has 65 heavy (non-hydrogen) atoms. The number of rotatable bonds is 55. The standard InChI is InChI=1S/C59H114O6/c1-4-7-10-13-16-18-20-22-24-26-28-30-32-33-35-37-39-41-43-46-49-52-58(61)64-55-56(54-63-57(60)51-48-45-15-12-9-6-3)65-59(62)53-50-47-44-42-40-38-36-34-31-29-27-25-23-21-19-17-14-11-8-5-2/h56H,4-55H2,1-3H3. The Bertz CT molecular complexity index is 967. The van der Waals surface area contributed by atoms with Crippen LogP contribution < -0.4 is 0 Å². The maximum Gasteiger partial charge on any atom is 0.306 e. The van der Waals surface area contributed by atoms with E-state index in [1.165, 1.54) is 244 Å². The summed E-state index contributed by atoms with van der Waals surface area (Å²) in [6.07, 6.45) is 61.4. The topological polar surface area (TPSA) is 78.9 Å². The first-order chi connectivity index (χ1) is 32.0. The molecule has 0 bridgehead atoms. The van der Waals surface area contributed by atoms with Gasteiger partial charge >= 0.3 is 17.9 Å². The van der Waals surface area contributed by atoms with Crippen LogP contribution in [0.25, 0.3) is 0 Å². The van der Waals surface area contributed by atoms with Crippen LogP contribution in [-0.4, -0.2) is 37.2 Å². The zero-order chi connectivity index (χ0) is 47.2. The number of ether oxygens (including phenoxy) is 3. The number of carbonyl (C=O) groups excluding carboxylic acids is 3. The van der Waals surface area contributed by atoms with E-state index in [-0.39, 0.29) is 31.1 Å². The molecule has 0 aliphatic rings. The molecule has 0 saturated carbocycles.